The highest BCUT2D eigenvalue weighted by molar-refractivity contribution is 5.89. The average Bonchev–Trinajstić information content (AvgIpc) is 2.43. The number of carbonyl (C=O) groups excluding carboxylic acids is 1. The molecule has 6 nitrogen and oxygen atoms in total. The lowest BCUT2D eigenvalue weighted by molar-refractivity contribution is -0.227. The highest BCUT2D eigenvalue weighted by atomic mass is 16.6. The Hall–Kier alpha value is -1.47. The molecule has 1 aliphatic rings. The molecule has 0 amide bonds. The van der Waals surface area contributed by atoms with Gasteiger partial charge in [0.05, 0.1) is 11.7 Å². The SMILES string of the molecule is NC1C[C@@H](COC(=O)c2ccccc2)O[C@@H](O)C1O. The third-order valence-electron chi connectivity index (χ3n) is 3.01. The standard InChI is InChI=1S/C13H17NO5/c14-10-6-9(19-13(17)11(10)15)7-18-12(16)8-4-2-1-3-5-8/h1-5,9-11,13,15,17H,6-7,14H2/t9-,10?,11?,13+/m0/s1. The van der Waals surface area contributed by atoms with Gasteiger partial charge in [0, 0.05) is 6.04 Å². The Morgan fingerprint density at radius 2 is 2.05 bits per heavy atom. The van der Waals surface area contributed by atoms with E-state index in [2.05, 4.69) is 0 Å². The zero-order chi connectivity index (χ0) is 13.8. The largest absolute Gasteiger partial charge is 0.459 e. The Labute approximate surface area is 110 Å². The van der Waals surface area contributed by atoms with Gasteiger partial charge >= 0.3 is 5.97 Å². The van der Waals surface area contributed by atoms with Gasteiger partial charge in [-0.2, -0.15) is 0 Å². The quantitative estimate of drug-likeness (QED) is 0.646. The van der Waals surface area contributed by atoms with E-state index in [1.807, 2.05) is 0 Å². The van der Waals surface area contributed by atoms with Gasteiger partial charge in [-0.1, -0.05) is 18.2 Å². The molecule has 1 saturated heterocycles. The summed E-state index contributed by atoms with van der Waals surface area (Å²) in [5, 5.41) is 18.8. The van der Waals surface area contributed by atoms with Crippen LogP contribution in [0.2, 0.25) is 0 Å². The number of benzene rings is 1. The first-order chi connectivity index (χ1) is 9.08. The van der Waals surface area contributed by atoms with E-state index in [1.165, 1.54) is 0 Å². The lowest BCUT2D eigenvalue weighted by Gasteiger charge is -2.34. The number of nitrogens with two attached hydrogens (primary N) is 1. The normalized spacial score (nSPS) is 30.9. The van der Waals surface area contributed by atoms with Crippen LogP contribution in [-0.2, 0) is 9.47 Å². The van der Waals surface area contributed by atoms with Crippen molar-refractivity contribution in [2.45, 2.75) is 31.0 Å². The van der Waals surface area contributed by atoms with Crippen LogP contribution < -0.4 is 5.73 Å². The van der Waals surface area contributed by atoms with Crippen molar-refractivity contribution in [2.24, 2.45) is 5.73 Å². The van der Waals surface area contributed by atoms with Gasteiger partial charge in [0.2, 0.25) is 0 Å². The van der Waals surface area contributed by atoms with E-state index in [1.54, 1.807) is 30.3 Å². The van der Waals surface area contributed by atoms with Gasteiger partial charge in [-0.3, -0.25) is 0 Å². The zero-order valence-corrected chi connectivity index (χ0v) is 10.3. The third kappa shape index (κ3) is 3.51. The van der Waals surface area contributed by atoms with Gasteiger partial charge in [0.25, 0.3) is 0 Å². The monoisotopic (exact) mass is 267 g/mol. The van der Waals surface area contributed by atoms with Gasteiger partial charge in [0.1, 0.15) is 12.7 Å². The van der Waals surface area contributed by atoms with Crippen LogP contribution in [0.3, 0.4) is 0 Å². The lowest BCUT2D eigenvalue weighted by Crippen LogP contribution is -2.53. The van der Waals surface area contributed by atoms with E-state index in [4.69, 9.17) is 15.2 Å². The second-order valence-corrected chi connectivity index (χ2v) is 4.50. The van der Waals surface area contributed by atoms with Crippen molar-refractivity contribution in [1.29, 1.82) is 0 Å². The molecule has 4 atom stereocenters. The average molecular weight is 267 g/mol. The van der Waals surface area contributed by atoms with E-state index in [0.717, 1.165) is 0 Å². The molecule has 0 radical (unpaired) electrons. The maximum Gasteiger partial charge on any atom is 0.338 e. The van der Waals surface area contributed by atoms with E-state index in [9.17, 15) is 15.0 Å². The molecule has 1 heterocycles. The van der Waals surface area contributed by atoms with Crippen LogP contribution in [0.1, 0.15) is 16.8 Å². The van der Waals surface area contributed by atoms with Crippen molar-refractivity contribution in [2.75, 3.05) is 6.61 Å². The molecule has 0 aliphatic carbocycles. The summed E-state index contributed by atoms with van der Waals surface area (Å²) < 4.78 is 10.2. The van der Waals surface area contributed by atoms with E-state index < -0.39 is 30.5 Å². The Bertz CT molecular complexity index is 412. The van der Waals surface area contributed by atoms with Crippen LogP contribution in [0.4, 0.5) is 0 Å². The van der Waals surface area contributed by atoms with Crippen LogP contribution in [0.15, 0.2) is 30.3 Å². The first-order valence-electron chi connectivity index (χ1n) is 6.07. The molecule has 0 aromatic heterocycles. The smallest absolute Gasteiger partial charge is 0.338 e. The molecule has 6 heteroatoms. The minimum Gasteiger partial charge on any atom is -0.459 e. The van der Waals surface area contributed by atoms with Gasteiger partial charge < -0.3 is 25.4 Å². The summed E-state index contributed by atoms with van der Waals surface area (Å²) in [7, 11) is 0. The number of esters is 1. The molecule has 0 spiro atoms. The van der Waals surface area contributed by atoms with Crippen molar-refractivity contribution in [3.8, 4) is 0 Å². The summed E-state index contributed by atoms with van der Waals surface area (Å²) in [6, 6.07) is 7.98. The van der Waals surface area contributed by atoms with Crippen LogP contribution >= 0.6 is 0 Å². The zero-order valence-electron chi connectivity index (χ0n) is 10.3. The summed E-state index contributed by atoms with van der Waals surface area (Å²) in [4.78, 5) is 11.7. The van der Waals surface area contributed by atoms with Crippen LogP contribution in [-0.4, -0.2) is 47.3 Å². The molecule has 4 N–H and O–H groups in total. The van der Waals surface area contributed by atoms with Crippen LogP contribution in [0, 0.1) is 0 Å². The van der Waals surface area contributed by atoms with Gasteiger partial charge in [-0.25, -0.2) is 4.79 Å². The van der Waals surface area contributed by atoms with E-state index >= 15 is 0 Å². The van der Waals surface area contributed by atoms with Crippen LogP contribution in [0.25, 0.3) is 0 Å². The molecule has 1 aliphatic heterocycles. The second-order valence-electron chi connectivity index (χ2n) is 4.50. The third-order valence-corrected chi connectivity index (χ3v) is 3.01. The number of hydrogen-bond donors (Lipinski definition) is 3. The minimum atomic E-state index is -1.34. The summed E-state index contributed by atoms with van der Waals surface area (Å²) in [6.07, 6.45) is -2.65. The second kappa shape index (κ2) is 6.12. The Balaban J connectivity index is 1.84. The number of hydrogen-bond acceptors (Lipinski definition) is 6. The Morgan fingerprint density at radius 3 is 2.68 bits per heavy atom. The van der Waals surface area contributed by atoms with E-state index in [0.29, 0.717) is 12.0 Å². The fraction of sp³-hybridized carbons (Fsp3) is 0.462. The first kappa shape index (κ1) is 14.0. The molecule has 1 aromatic rings. The first-order valence-corrected chi connectivity index (χ1v) is 6.07. The van der Waals surface area contributed by atoms with Crippen molar-refractivity contribution in [1.82, 2.24) is 0 Å². The highest BCUT2D eigenvalue weighted by Gasteiger charge is 2.35. The molecule has 19 heavy (non-hydrogen) atoms. The number of aliphatic hydroxyl groups is 2. The maximum absolute atomic E-state index is 11.7. The minimum absolute atomic E-state index is 0.00872. The lowest BCUT2D eigenvalue weighted by atomic mass is 10.0. The van der Waals surface area contributed by atoms with Gasteiger partial charge in [-0.15, -0.1) is 0 Å². The molecular weight excluding hydrogens is 250 g/mol. The molecule has 0 bridgehead atoms. The molecule has 0 saturated carbocycles. The Kier molecular flexibility index (Phi) is 4.49. The molecule has 2 unspecified atom stereocenters. The molecule has 1 aromatic carbocycles. The van der Waals surface area contributed by atoms with Gasteiger partial charge in [0.15, 0.2) is 6.29 Å². The summed E-state index contributed by atoms with van der Waals surface area (Å²) >= 11 is 0. The van der Waals surface area contributed by atoms with Crippen molar-refractivity contribution < 1.29 is 24.5 Å². The van der Waals surface area contributed by atoms with Crippen LogP contribution in [0.5, 0.6) is 0 Å². The predicted octanol–water partition coefficient (Wildman–Crippen LogP) is -0.361. The van der Waals surface area contributed by atoms with Crippen molar-refractivity contribution in [3.05, 3.63) is 35.9 Å². The molecule has 1 fully saturated rings. The number of ether oxygens (including phenoxy) is 2. The van der Waals surface area contributed by atoms with Crippen molar-refractivity contribution >= 4 is 5.97 Å². The molecule has 2 rings (SSSR count). The van der Waals surface area contributed by atoms with E-state index in [-0.39, 0.29) is 6.61 Å². The number of rotatable bonds is 3. The Morgan fingerprint density at radius 1 is 1.37 bits per heavy atom. The topological polar surface area (TPSA) is 102 Å². The summed E-state index contributed by atoms with van der Waals surface area (Å²) in [5.41, 5.74) is 6.09. The summed E-state index contributed by atoms with van der Waals surface area (Å²) in [6.45, 7) is -0.00872. The molecule has 104 valence electrons. The number of aliphatic hydroxyl groups excluding tert-OH is 2. The number of carbonyl (C=O) groups is 1. The summed E-state index contributed by atoms with van der Waals surface area (Å²) in [5.74, 6) is -0.460. The maximum atomic E-state index is 11.7. The predicted molar refractivity (Wildman–Crippen MR) is 66.2 cm³/mol. The highest BCUT2D eigenvalue weighted by Crippen LogP contribution is 2.18. The molecular formula is C13H17NO5. The fourth-order valence-corrected chi connectivity index (χ4v) is 1.92. The fourth-order valence-electron chi connectivity index (χ4n) is 1.92. The van der Waals surface area contributed by atoms with Crippen molar-refractivity contribution in [3.63, 3.8) is 0 Å². The van der Waals surface area contributed by atoms with Gasteiger partial charge in [-0.05, 0) is 18.6 Å².